The number of piperidine rings is 1. The van der Waals surface area contributed by atoms with Gasteiger partial charge in [0.15, 0.2) is 0 Å². The molecule has 0 bridgehead atoms. The molecule has 120 valence electrons. The molecule has 3 rings (SSSR count). The predicted octanol–water partition coefficient (Wildman–Crippen LogP) is 4.00. The lowest BCUT2D eigenvalue weighted by atomic mass is 9.98. The molecule has 1 aliphatic rings. The molecule has 2 aromatic rings. The van der Waals surface area contributed by atoms with E-state index in [2.05, 4.69) is 42.8 Å². The maximum atomic E-state index is 4.96. The van der Waals surface area contributed by atoms with Crippen LogP contribution in [0.3, 0.4) is 0 Å². The molecule has 0 aliphatic carbocycles. The van der Waals surface area contributed by atoms with Crippen LogP contribution in [0.25, 0.3) is 11.0 Å². The summed E-state index contributed by atoms with van der Waals surface area (Å²) in [6.45, 7) is 10.1. The largest absolute Gasteiger partial charge is 0.328 e. The smallest absolute Gasteiger partial charge is 0.109 e. The van der Waals surface area contributed by atoms with Gasteiger partial charge in [-0.1, -0.05) is 13.3 Å². The summed E-state index contributed by atoms with van der Waals surface area (Å²) in [5, 5.41) is 3.47. The molecule has 3 heteroatoms. The highest BCUT2D eigenvalue weighted by atomic mass is 15.1. The van der Waals surface area contributed by atoms with E-state index in [9.17, 15) is 0 Å². The van der Waals surface area contributed by atoms with Gasteiger partial charge in [-0.2, -0.15) is 0 Å². The third-order valence-electron chi connectivity index (χ3n) is 5.10. The Morgan fingerprint density at radius 1 is 1.18 bits per heavy atom. The number of fused-ring (bicyclic) bond motifs is 1. The molecule has 1 saturated heterocycles. The monoisotopic (exact) mass is 299 g/mol. The Bertz CT molecular complexity index is 636. The first-order chi connectivity index (χ1) is 10.7. The number of aromatic nitrogens is 2. The van der Waals surface area contributed by atoms with Crippen molar-refractivity contribution in [3.63, 3.8) is 0 Å². The van der Waals surface area contributed by atoms with E-state index >= 15 is 0 Å². The van der Waals surface area contributed by atoms with Crippen molar-refractivity contribution in [1.82, 2.24) is 14.9 Å². The Balaban J connectivity index is 1.97. The zero-order chi connectivity index (χ0) is 15.5. The van der Waals surface area contributed by atoms with Crippen LogP contribution < -0.4 is 5.32 Å². The Kier molecular flexibility index (Phi) is 4.82. The fraction of sp³-hybridized carbons (Fsp3) is 0.632. The summed E-state index contributed by atoms with van der Waals surface area (Å²) < 4.78 is 2.52. The highest BCUT2D eigenvalue weighted by Crippen LogP contribution is 2.25. The molecule has 1 fully saturated rings. The van der Waals surface area contributed by atoms with E-state index in [1.54, 1.807) is 0 Å². The van der Waals surface area contributed by atoms with E-state index in [0.29, 0.717) is 0 Å². The minimum Gasteiger partial charge on any atom is -0.328 e. The van der Waals surface area contributed by atoms with Crippen molar-refractivity contribution in [1.29, 1.82) is 0 Å². The summed E-state index contributed by atoms with van der Waals surface area (Å²) >= 11 is 0. The highest BCUT2D eigenvalue weighted by Gasteiger charge is 2.18. The van der Waals surface area contributed by atoms with Gasteiger partial charge in [0.2, 0.25) is 0 Å². The minimum atomic E-state index is 0.792. The van der Waals surface area contributed by atoms with Crippen molar-refractivity contribution < 1.29 is 0 Å². The van der Waals surface area contributed by atoms with Crippen LogP contribution in [0.15, 0.2) is 12.1 Å². The number of nitrogens with zero attached hydrogens (tertiary/aromatic N) is 2. The molecule has 0 saturated carbocycles. The van der Waals surface area contributed by atoms with Gasteiger partial charge in [-0.05, 0) is 75.4 Å². The first-order valence-electron chi connectivity index (χ1n) is 8.86. The van der Waals surface area contributed by atoms with Crippen molar-refractivity contribution in [2.45, 2.75) is 59.4 Å². The summed E-state index contributed by atoms with van der Waals surface area (Å²) in [4.78, 5) is 4.96. The van der Waals surface area contributed by atoms with Gasteiger partial charge in [0.05, 0.1) is 11.0 Å². The van der Waals surface area contributed by atoms with E-state index in [4.69, 9.17) is 4.98 Å². The number of aryl methyl sites for hydroxylation is 3. The standard InChI is InChI=1S/C19H29N3/c1-4-5-6-19-21-17-11-14(2)15(3)12-18(17)22(19)13-16-7-9-20-10-8-16/h11-12,16,20H,4-10,13H2,1-3H3. The van der Waals surface area contributed by atoms with Crippen LogP contribution in [0.5, 0.6) is 0 Å². The molecule has 0 unspecified atom stereocenters. The van der Waals surface area contributed by atoms with Gasteiger partial charge in [-0.15, -0.1) is 0 Å². The molecule has 2 heterocycles. The molecule has 3 nitrogen and oxygen atoms in total. The second-order valence-corrected chi connectivity index (χ2v) is 6.86. The Hall–Kier alpha value is -1.35. The Morgan fingerprint density at radius 3 is 2.64 bits per heavy atom. The average molecular weight is 299 g/mol. The van der Waals surface area contributed by atoms with Gasteiger partial charge in [0, 0.05) is 13.0 Å². The lowest BCUT2D eigenvalue weighted by Gasteiger charge is -2.24. The number of nitrogens with one attached hydrogen (secondary N) is 1. The fourth-order valence-electron chi connectivity index (χ4n) is 3.48. The molecular weight excluding hydrogens is 270 g/mol. The zero-order valence-corrected chi connectivity index (χ0v) is 14.3. The van der Waals surface area contributed by atoms with Gasteiger partial charge in [0.25, 0.3) is 0 Å². The topological polar surface area (TPSA) is 29.9 Å². The lowest BCUT2D eigenvalue weighted by Crippen LogP contribution is -2.30. The summed E-state index contributed by atoms with van der Waals surface area (Å²) in [6, 6.07) is 4.60. The first kappa shape index (κ1) is 15.5. The third-order valence-corrected chi connectivity index (χ3v) is 5.10. The maximum Gasteiger partial charge on any atom is 0.109 e. The van der Waals surface area contributed by atoms with Crippen LogP contribution in [0.1, 0.15) is 49.6 Å². The van der Waals surface area contributed by atoms with E-state index in [1.807, 2.05) is 0 Å². The van der Waals surface area contributed by atoms with Crippen molar-refractivity contribution >= 4 is 11.0 Å². The van der Waals surface area contributed by atoms with E-state index in [-0.39, 0.29) is 0 Å². The number of benzene rings is 1. The van der Waals surface area contributed by atoms with Gasteiger partial charge in [0.1, 0.15) is 5.82 Å². The number of hydrogen-bond donors (Lipinski definition) is 1. The average Bonchev–Trinajstić information content (AvgIpc) is 2.84. The van der Waals surface area contributed by atoms with Crippen LogP contribution in [0.2, 0.25) is 0 Å². The molecule has 22 heavy (non-hydrogen) atoms. The van der Waals surface area contributed by atoms with Crippen molar-refractivity contribution in [2.24, 2.45) is 5.92 Å². The molecule has 1 aromatic heterocycles. The first-order valence-corrected chi connectivity index (χ1v) is 8.86. The normalized spacial score (nSPS) is 16.5. The van der Waals surface area contributed by atoms with Crippen LogP contribution in [0.4, 0.5) is 0 Å². The van der Waals surface area contributed by atoms with E-state index in [0.717, 1.165) is 18.9 Å². The van der Waals surface area contributed by atoms with Crippen LogP contribution >= 0.6 is 0 Å². The Labute approximate surface area is 134 Å². The zero-order valence-electron chi connectivity index (χ0n) is 14.3. The van der Waals surface area contributed by atoms with Gasteiger partial charge >= 0.3 is 0 Å². The maximum absolute atomic E-state index is 4.96. The second-order valence-electron chi connectivity index (χ2n) is 6.86. The van der Waals surface area contributed by atoms with Crippen molar-refractivity contribution in [3.8, 4) is 0 Å². The number of hydrogen-bond acceptors (Lipinski definition) is 2. The van der Waals surface area contributed by atoms with E-state index in [1.165, 1.54) is 66.8 Å². The SMILES string of the molecule is CCCCc1nc2cc(C)c(C)cc2n1CC1CCNCC1. The summed E-state index contributed by atoms with van der Waals surface area (Å²) in [7, 11) is 0. The summed E-state index contributed by atoms with van der Waals surface area (Å²) in [5.74, 6) is 2.08. The van der Waals surface area contributed by atoms with Crippen LogP contribution in [0, 0.1) is 19.8 Å². The van der Waals surface area contributed by atoms with Crippen molar-refractivity contribution in [2.75, 3.05) is 13.1 Å². The minimum absolute atomic E-state index is 0.792. The number of unbranched alkanes of at least 4 members (excludes halogenated alkanes) is 1. The van der Waals surface area contributed by atoms with Crippen LogP contribution in [-0.2, 0) is 13.0 Å². The van der Waals surface area contributed by atoms with E-state index < -0.39 is 0 Å². The van der Waals surface area contributed by atoms with Crippen molar-refractivity contribution in [3.05, 3.63) is 29.1 Å². The summed E-state index contributed by atoms with van der Waals surface area (Å²) in [6.07, 6.45) is 6.14. The number of rotatable bonds is 5. The number of imidazole rings is 1. The van der Waals surface area contributed by atoms with Gasteiger partial charge < -0.3 is 9.88 Å². The van der Waals surface area contributed by atoms with Crippen LogP contribution in [-0.4, -0.2) is 22.6 Å². The quantitative estimate of drug-likeness (QED) is 0.904. The molecule has 1 aliphatic heterocycles. The molecule has 0 radical (unpaired) electrons. The molecule has 1 N–H and O–H groups in total. The third kappa shape index (κ3) is 3.19. The summed E-state index contributed by atoms with van der Waals surface area (Å²) in [5.41, 5.74) is 5.25. The second kappa shape index (κ2) is 6.82. The fourth-order valence-corrected chi connectivity index (χ4v) is 3.48. The predicted molar refractivity (Wildman–Crippen MR) is 93.4 cm³/mol. The van der Waals surface area contributed by atoms with Gasteiger partial charge in [-0.25, -0.2) is 4.98 Å². The Morgan fingerprint density at radius 2 is 1.91 bits per heavy atom. The molecule has 0 atom stereocenters. The highest BCUT2D eigenvalue weighted by molar-refractivity contribution is 5.78. The molecule has 0 spiro atoms. The van der Waals surface area contributed by atoms with Gasteiger partial charge in [-0.3, -0.25) is 0 Å². The molecule has 0 amide bonds. The molecule has 1 aromatic carbocycles. The lowest BCUT2D eigenvalue weighted by molar-refractivity contribution is 0.332. The molecular formula is C19H29N3.